The van der Waals surface area contributed by atoms with E-state index in [1.165, 1.54) is 0 Å². The van der Waals surface area contributed by atoms with Crippen LogP contribution in [0.1, 0.15) is 20.8 Å². The molecule has 1 heterocycles. The second kappa shape index (κ2) is 4.99. The standard InChI is InChI=1S/C14H21N3O2/c1-14(2,3)16-13(18)15-10-5-6-11-12(9-10)19-8-7-17(11)4/h5-6,9H,7-8H2,1-4H3,(H2,15,16,18). The first-order chi connectivity index (χ1) is 8.85. The van der Waals surface area contributed by atoms with Gasteiger partial charge < -0.3 is 20.3 Å². The molecule has 19 heavy (non-hydrogen) atoms. The quantitative estimate of drug-likeness (QED) is 0.818. The molecule has 2 amide bonds. The Bertz CT molecular complexity index is 480. The number of urea groups is 1. The lowest BCUT2D eigenvalue weighted by Crippen LogP contribution is -2.43. The molecule has 1 aromatic carbocycles. The molecule has 104 valence electrons. The number of fused-ring (bicyclic) bond motifs is 1. The molecule has 5 nitrogen and oxygen atoms in total. The third-order valence-electron chi connectivity index (χ3n) is 2.80. The molecule has 0 aliphatic carbocycles. The monoisotopic (exact) mass is 263 g/mol. The molecular formula is C14H21N3O2. The van der Waals surface area contributed by atoms with Crippen LogP contribution < -0.4 is 20.3 Å². The van der Waals surface area contributed by atoms with Gasteiger partial charge in [-0.15, -0.1) is 0 Å². The summed E-state index contributed by atoms with van der Waals surface area (Å²) in [6.07, 6.45) is 0. The summed E-state index contributed by atoms with van der Waals surface area (Å²) < 4.78 is 5.60. The van der Waals surface area contributed by atoms with Gasteiger partial charge in [0.2, 0.25) is 0 Å². The molecule has 1 aliphatic rings. The van der Waals surface area contributed by atoms with Crippen LogP contribution in [0.15, 0.2) is 18.2 Å². The van der Waals surface area contributed by atoms with E-state index in [1.54, 1.807) is 0 Å². The van der Waals surface area contributed by atoms with Gasteiger partial charge in [-0.2, -0.15) is 0 Å². The van der Waals surface area contributed by atoms with Gasteiger partial charge in [-0.05, 0) is 32.9 Å². The lowest BCUT2D eigenvalue weighted by atomic mass is 10.1. The molecule has 1 aliphatic heterocycles. The molecule has 2 rings (SSSR count). The Balaban J connectivity index is 2.08. The van der Waals surface area contributed by atoms with Crippen LogP contribution in [0, 0.1) is 0 Å². The summed E-state index contributed by atoms with van der Waals surface area (Å²) >= 11 is 0. The van der Waals surface area contributed by atoms with E-state index in [4.69, 9.17) is 4.74 Å². The van der Waals surface area contributed by atoms with Crippen molar-refractivity contribution in [2.45, 2.75) is 26.3 Å². The molecule has 0 saturated heterocycles. The van der Waals surface area contributed by atoms with Crippen molar-refractivity contribution >= 4 is 17.4 Å². The van der Waals surface area contributed by atoms with E-state index in [2.05, 4.69) is 15.5 Å². The molecule has 0 radical (unpaired) electrons. The largest absolute Gasteiger partial charge is 0.489 e. The summed E-state index contributed by atoms with van der Waals surface area (Å²) in [5.41, 5.74) is 1.53. The van der Waals surface area contributed by atoms with Crippen LogP contribution in [-0.2, 0) is 0 Å². The van der Waals surface area contributed by atoms with Crippen molar-refractivity contribution < 1.29 is 9.53 Å². The number of nitrogens with one attached hydrogen (secondary N) is 2. The topological polar surface area (TPSA) is 53.6 Å². The smallest absolute Gasteiger partial charge is 0.319 e. The number of rotatable bonds is 1. The fourth-order valence-electron chi connectivity index (χ4n) is 1.94. The highest BCUT2D eigenvalue weighted by molar-refractivity contribution is 5.90. The lowest BCUT2D eigenvalue weighted by molar-refractivity contribution is 0.244. The van der Waals surface area contributed by atoms with Crippen molar-refractivity contribution in [3.63, 3.8) is 0 Å². The lowest BCUT2D eigenvalue weighted by Gasteiger charge is -2.28. The van der Waals surface area contributed by atoms with Crippen LogP contribution in [0.2, 0.25) is 0 Å². The van der Waals surface area contributed by atoms with Gasteiger partial charge in [0.25, 0.3) is 0 Å². The highest BCUT2D eigenvalue weighted by Gasteiger charge is 2.17. The van der Waals surface area contributed by atoms with E-state index in [1.807, 2.05) is 46.0 Å². The molecule has 0 unspecified atom stereocenters. The molecule has 1 aromatic rings. The highest BCUT2D eigenvalue weighted by atomic mass is 16.5. The van der Waals surface area contributed by atoms with E-state index in [9.17, 15) is 4.79 Å². The summed E-state index contributed by atoms with van der Waals surface area (Å²) in [6, 6.07) is 5.48. The second-order valence-electron chi connectivity index (χ2n) is 5.78. The van der Waals surface area contributed by atoms with Crippen molar-refractivity contribution in [1.82, 2.24) is 5.32 Å². The molecule has 2 N–H and O–H groups in total. The first-order valence-corrected chi connectivity index (χ1v) is 6.42. The first-order valence-electron chi connectivity index (χ1n) is 6.42. The Morgan fingerprint density at radius 1 is 1.37 bits per heavy atom. The third-order valence-corrected chi connectivity index (χ3v) is 2.80. The number of hydrogen-bond acceptors (Lipinski definition) is 3. The molecular weight excluding hydrogens is 242 g/mol. The fourth-order valence-corrected chi connectivity index (χ4v) is 1.94. The Labute approximate surface area is 113 Å². The maximum absolute atomic E-state index is 11.8. The normalized spacial score (nSPS) is 14.4. The van der Waals surface area contributed by atoms with Crippen molar-refractivity contribution in [2.24, 2.45) is 0 Å². The number of nitrogens with zero attached hydrogens (tertiary/aromatic N) is 1. The predicted molar refractivity (Wildman–Crippen MR) is 77.1 cm³/mol. The van der Waals surface area contributed by atoms with Gasteiger partial charge in [0.1, 0.15) is 12.4 Å². The summed E-state index contributed by atoms with van der Waals surface area (Å²) in [5, 5.41) is 5.67. The Morgan fingerprint density at radius 3 is 2.79 bits per heavy atom. The van der Waals surface area contributed by atoms with E-state index in [-0.39, 0.29) is 11.6 Å². The van der Waals surface area contributed by atoms with Crippen LogP contribution in [0.3, 0.4) is 0 Å². The van der Waals surface area contributed by atoms with E-state index in [0.29, 0.717) is 6.61 Å². The minimum absolute atomic E-state index is 0.211. The van der Waals surface area contributed by atoms with Crippen LogP contribution in [0.5, 0.6) is 5.75 Å². The maximum Gasteiger partial charge on any atom is 0.319 e. The summed E-state index contributed by atoms with van der Waals surface area (Å²) in [6.45, 7) is 7.37. The Kier molecular flexibility index (Phi) is 3.55. The fraction of sp³-hybridized carbons (Fsp3) is 0.500. The number of likely N-dealkylation sites (N-methyl/N-ethyl adjacent to an activating group) is 1. The number of amides is 2. The molecule has 0 saturated carbocycles. The van der Waals surface area contributed by atoms with E-state index >= 15 is 0 Å². The predicted octanol–water partition coefficient (Wildman–Crippen LogP) is 2.44. The van der Waals surface area contributed by atoms with Crippen molar-refractivity contribution in [3.05, 3.63) is 18.2 Å². The second-order valence-corrected chi connectivity index (χ2v) is 5.78. The number of hydrogen-bond donors (Lipinski definition) is 2. The van der Waals surface area contributed by atoms with Crippen molar-refractivity contribution in [1.29, 1.82) is 0 Å². The number of carbonyl (C=O) groups excluding carboxylic acids is 1. The molecule has 0 spiro atoms. The Morgan fingerprint density at radius 2 is 2.11 bits per heavy atom. The number of ether oxygens (including phenoxy) is 1. The van der Waals surface area contributed by atoms with E-state index < -0.39 is 0 Å². The number of benzene rings is 1. The Hall–Kier alpha value is -1.91. The van der Waals surface area contributed by atoms with E-state index in [0.717, 1.165) is 23.7 Å². The average Bonchev–Trinajstić information content (AvgIpc) is 2.26. The van der Waals surface area contributed by atoms with Gasteiger partial charge in [0, 0.05) is 24.3 Å². The SMILES string of the molecule is CN1CCOc2cc(NC(=O)NC(C)(C)C)ccc21. The zero-order valence-corrected chi connectivity index (χ0v) is 11.9. The highest BCUT2D eigenvalue weighted by Crippen LogP contribution is 2.33. The van der Waals surface area contributed by atoms with Crippen LogP contribution >= 0.6 is 0 Å². The summed E-state index contributed by atoms with van der Waals surface area (Å²) in [5.74, 6) is 0.808. The van der Waals surface area contributed by atoms with Crippen molar-refractivity contribution in [3.8, 4) is 5.75 Å². The first kappa shape index (κ1) is 13.5. The van der Waals surface area contributed by atoms with Crippen LogP contribution in [0.25, 0.3) is 0 Å². The molecule has 5 heteroatoms. The van der Waals surface area contributed by atoms with Gasteiger partial charge in [-0.1, -0.05) is 0 Å². The summed E-state index contributed by atoms with van der Waals surface area (Å²) in [7, 11) is 2.03. The number of carbonyl (C=O) groups is 1. The molecule has 0 atom stereocenters. The minimum Gasteiger partial charge on any atom is -0.489 e. The zero-order valence-electron chi connectivity index (χ0n) is 11.9. The van der Waals surface area contributed by atoms with Crippen LogP contribution in [-0.4, -0.2) is 31.8 Å². The molecule has 0 aromatic heterocycles. The summed E-state index contributed by atoms with van der Waals surface area (Å²) in [4.78, 5) is 13.9. The van der Waals surface area contributed by atoms with Gasteiger partial charge in [-0.25, -0.2) is 4.79 Å². The van der Waals surface area contributed by atoms with Crippen molar-refractivity contribution in [2.75, 3.05) is 30.4 Å². The van der Waals surface area contributed by atoms with Gasteiger partial charge in [0.15, 0.2) is 0 Å². The van der Waals surface area contributed by atoms with Gasteiger partial charge in [0.05, 0.1) is 12.2 Å². The van der Waals surface area contributed by atoms with Gasteiger partial charge >= 0.3 is 6.03 Å². The third kappa shape index (κ3) is 3.53. The van der Waals surface area contributed by atoms with Gasteiger partial charge in [-0.3, -0.25) is 0 Å². The minimum atomic E-state index is -0.255. The molecule has 0 bridgehead atoms. The average molecular weight is 263 g/mol. The number of anilines is 2. The maximum atomic E-state index is 11.8. The molecule has 0 fully saturated rings. The van der Waals surface area contributed by atoms with Crippen LogP contribution in [0.4, 0.5) is 16.2 Å². The zero-order chi connectivity index (χ0) is 14.0.